The van der Waals surface area contributed by atoms with Gasteiger partial charge in [0.2, 0.25) is 0 Å². The third kappa shape index (κ3) is 3.68. The first-order chi connectivity index (χ1) is 11.8. The zero-order valence-electron chi connectivity index (χ0n) is 15.2. The van der Waals surface area contributed by atoms with Gasteiger partial charge in [0.1, 0.15) is 11.5 Å². The van der Waals surface area contributed by atoms with Crippen molar-refractivity contribution in [1.82, 2.24) is 4.90 Å². The number of allylic oxidation sites excluding steroid dienone is 1. The molecule has 0 spiro atoms. The molecule has 2 heterocycles. The molecular formula is C17H24N3O4S+. The smallest absolute Gasteiger partial charge is 0.445 e. The van der Waals surface area contributed by atoms with Gasteiger partial charge in [-0.25, -0.2) is 4.79 Å². The number of thioether (sulfide) groups is 1. The third-order valence-electron chi connectivity index (χ3n) is 4.13. The van der Waals surface area contributed by atoms with Gasteiger partial charge in [-0.15, -0.1) is 16.8 Å². The van der Waals surface area contributed by atoms with E-state index in [1.165, 1.54) is 23.4 Å². The Morgan fingerprint density at radius 2 is 2.12 bits per heavy atom. The van der Waals surface area contributed by atoms with E-state index in [0.29, 0.717) is 12.4 Å². The molecule has 25 heavy (non-hydrogen) atoms. The largest absolute Gasteiger partial charge is 0.465 e. The fraction of sp³-hybridized carbons (Fsp3) is 0.588. The normalized spacial score (nSPS) is 21.6. The lowest BCUT2D eigenvalue weighted by atomic mass is 9.96. The lowest BCUT2D eigenvalue weighted by Crippen LogP contribution is -2.53. The highest BCUT2D eigenvalue weighted by Crippen LogP contribution is 2.38. The van der Waals surface area contributed by atoms with Gasteiger partial charge in [-0.1, -0.05) is 13.3 Å². The van der Waals surface area contributed by atoms with Crippen LogP contribution in [0.25, 0.3) is 0 Å². The van der Waals surface area contributed by atoms with Crippen molar-refractivity contribution >= 4 is 41.7 Å². The standard InChI is InChI=1S/C17H24N3O4S/c1-6-8-11-9-18-14-12(15(21)20(5)17(23)19(14)4)13(11)25-10(3)16(22)24-7-2/h9-10,12H,6-8H2,1-5H3/q+1. The van der Waals surface area contributed by atoms with Crippen molar-refractivity contribution in [2.45, 2.75) is 38.9 Å². The van der Waals surface area contributed by atoms with Gasteiger partial charge in [0.15, 0.2) is 5.92 Å². The van der Waals surface area contributed by atoms with E-state index < -0.39 is 17.2 Å². The fourth-order valence-electron chi connectivity index (χ4n) is 2.80. The molecule has 0 saturated heterocycles. The van der Waals surface area contributed by atoms with Crippen LogP contribution in [0.15, 0.2) is 15.5 Å². The lowest BCUT2D eigenvalue weighted by molar-refractivity contribution is -0.407. The summed E-state index contributed by atoms with van der Waals surface area (Å²) in [6, 6.07) is -0.407. The molecule has 0 bridgehead atoms. The number of urea groups is 1. The monoisotopic (exact) mass is 366 g/mol. The summed E-state index contributed by atoms with van der Waals surface area (Å²) in [6.07, 6.45) is 3.35. The van der Waals surface area contributed by atoms with E-state index in [-0.39, 0.29) is 11.9 Å². The van der Waals surface area contributed by atoms with Gasteiger partial charge in [0.25, 0.3) is 5.84 Å². The van der Waals surface area contributed by atoms with Gasteiger partial charge < -0.3 is 4.74 Å². The molecule has 0 aromatic heterocycles. The lowest BCUT2D eigenvalue weighted by Gasteiger charge is -2.29. The summed E-state index contributed by atoms with van der Waals surface area (Å²) >= 11 is 1.32. The Morgan fingerprint density at radius 1 is 1.44 bits per heavy atom. The number of ether oxygens (including phenoxy) is 1. The fourth-order valence-corrected chi connectivity index (χ4v) is 3.99. The maximum atomic E-state index is 12.8. The van der Waals surface area contributed by atoms with Crippen molar-refractivity contribution in [3.05, 3.63) is 10.5 Å². The molecule has 0 aromatic rings. The van der Waals surface area contributed by atoms with E-state index in [4.69, 9.17) is 4.74 Å². The van der Waals surface area contributed by atoms with Crippen LogP contribution < -0.4 is 0 Å². The Morgan fingerprint density at radius 3 is 2.72 bits per heavy atom. The maximum Gasteiger partial charge on any atom is 0.445 e. The molecule has 2 atom stereocenters. The first-order valence-corrected chi connectivity index (χ1v) is 9.23. The van der Waals surface area contributed by atoms with E-state index >= 15 is 0 Å². The second-order valence-electron chi connectivity index (χ2n) is 5.94. The van der Waals surface area contributed by atoms with Gasteiger partial charge in [-0.2, -0.15) is 9.48 Å². The quantitative estimate of drug-likeness (QED) is 0.531. The molecular weight excluding hydrogens is 342 g/mol. The van der Waals surface area contributed by atoms with Crippen LogP contribution in [0.5, 0.6) is 0 Å². The topological polar surface area (TPSA) is 79.1 Å². The second kappa shape index (κ2) is 7.95. The maximum absolute atomic E-state index is 12.8. The first-order valence-electron chi connectivity index (χ1n) is 8.35. The Balaban J connectivity index is 2.46. The number of carbonyl (C=O) groups is 3. The molecule has 2 aliphatic heterocycles. The van der Waals surface area contributed by atoms with Crippen molar-refractivity contribution < 1.29 is 23.7 Å². The number of rotatable bonds is 6. The van der Waals surface area contributed by atoms with E-state index in [0.717, 1.165) is 28.2 Å². The third-order valence-corrected chi connectivity index (χ3v) is 5.42. The van der Waals surface area contributed by atoms with Crippen LogP contribution in [0.4, 0.5) is 4.79 Å². The summed E-state index contributed by atoms with van der Waals surface area (Å²) in [4.78, 5) is 43.2. The van der Waals surface area contributed by atoms with Crippen LogP contribution >= 0.6 is 11.8 Å². The number of nitrogens with zero attached hydrogens (tertiary/aromatic N) is 3. The number of dihydropyridines is 1. The molecule has 0 saturated carbocycles. The van der Waals surface area contributed by atoms with Crippen LogP contribution in [0.3, 0.4) is 0 Å². The van der Waals surface area contributed by atoms with Crippen molar-refractivity contribution in [1.29, 1.82) is 0 Å². The molecule has 3 amide bonds. The first kappa shape index (κ1) is 19.4. The van der Waals surface area contributed by atoms with Gasteiger partial charge in [0, 0.05) is 4.91 Å². The molecule has 0 N–H and O–H groups in total. The van der Waals surface area contributed by atoms with E-state index in [2.05, 4.69) is 4.99 Å². The zero-order chi connectivity index (χ0) is 18.7. The highest BCUT2D eigenvalue weighted by atomic mass is 32.2. The van der Waals surface area contributed by atoms with Crippen LogP contribution in [-0.2, 0) is 14.3 Å². The Kier molecular flexibility index (Phi) is 6.16. The number of carbonyl (C=O) groups excluding carboxylic acids is 3. The Bertz CT molecular complexity index is 696. The number of amides is 3. The Labute approximate surface area is 151 Å². The van der Waals surface area contributed by atoms with E-state index in [9.17, 15) is 14.4 Å². The highest BCUT2D eigenvalue weighted by molar-refractivity contribution is 8.04. The summed E-state index contributed by atoms with van der Waals surface area (Å²) < 4.78 is 6.47. The number of esters is 1. The molecule has 7 nitrogen and oxygen atoms in total. The molecule has 0 aromatic carbocycles. The van der Waals surface area contributed by atoms with Crippen LogP contribution in [0, 0.1) is 5.92 Å². The summed E-state index contributed by atoms with van der Waals surface area (Å²) in [5, 5.41) is -0.449. The number of hydrogen-bond acceptors (Lipinski definition) is 6. The molecule has 0 aliphatic carbocycles. The SMILES string of the molecule is CCCC1=C(SC(C)C(=O)OCC)C2C(=O)N(C)C(=O)[N+](C)=C2N=C1. The minimum absolute atomic E-state index is 0.311. The summed E-state index contributed by atoms with van der Waals surface area (Å²) in [5.41, 5.74) is 0.932. The predicted molar refractivity (Wildman–Crippen MR) is 97.0 cm³/mol. The van der Waals surface area contributed by atoms with Crippen molar-refractivity contribution in [2.75, 3.05) is 20.7 Å². The number of amidine groups is 1. The molecule has 2 rings (SSSR count). The summed E-state index contributed by atoms with van der Waals surface area (Å²) in [5.74, 6) is -0.879. The minimum atomic E-state index is -0.652. The second-order valence-corrected chi connectivity index (χ2v) is 7.32. The van der Waals surface area contributed by atoms with Crippen LogP contribution in [0.2, 0.25) is 0 Å². The van der Waals surface area contributed by atoms with E-state index in [1.807, 2.05) is 6.92 Å². The van der Waals surface area contributed by atoms with Gasteiger partial charge in [-0.3, -0.25) is 9.59 Å². The summed E-state index contributed by atoms with van der Waals surface area (Å²) in [7, 11) is 3.07. The molecule has 2 aliphatic rings. The van der Waals surface area contributed by atoms with Crippen LogP contribution in [-0.4, -0.2) is 65.4 Å². The van der Waals surface area contributed by atoms with Crippen molar-refractivity contribution in [3.8, 4) is 0 Å². The van der Waals surface area contributed by atoms with Gasteiger partial charge in [-0.05, 0) is 25.8 Å². The average Bonchev–Trinajstić information content (AvgIpc) is 2.59. The molecule has 136 valence electrons. The molecule has 0 fully saturated rings. The minimum Gasteiger partial charge on any atom is -0.465 e. The number of fused-ring (bicyclic) bond motifs is 1. The number of imide groups is 1. The molecule has 0 radical (unpaired) electrons. The van der Waals surface area contributed by atoms with Crippen molar-refractivity contribution in [3.63, 3.8) is 0 Å². The van der Waals surface area contributed by atoms with E-state index in [1.54, 1.807) is 27.1 Å². The summed E-state index contributed by atoms with van der Waals surface area (Å²) in [6.45, 7) is 5.88. The average molecular weight is 366 g/mol. The molecule has 2 unspecified atom stereocenters. The number of hydrogen-bond donors (Lipinski definition) is 0. The van der Waals surface area contributed by atoms with Gasteiger partial charge >= 0.3 is 17.9 Å². The number of aliphatic imine (C=N–C) groups is 1. The Hall–Kier alpha value is -1.96. The molecule has 8 heteroatoms. The predicted octanol–water partition coefficient (Wildman–Crippen LogP) is 2.06. The highest BCUT2D eigenvalue weighted by Gasteiger charge is 2.48. The van der Waals surface area contributed by atoms with Crippen molar-refractivity contribution in [2.24, 2.45) is 10.9 Å². The zero-order valence-corrected chi connectivity index (χ0v) is 16.1. The van der Waals surface area contributed by atoms with Crippen LogP contribution in [0.1, 0.15) is 33.6 Å². The van der Waals surface area contributed by atoms with Gasteiger partial charge in [0.05, 0.1) is 20.7 Å².